The summed E-state index contributed by atoms with van der Waals surface area (Å²) in [7, 11) is -0.883. The molecule has 0 aromatic carbocycles. The smallest absolute Gasteiger partial charge is 0.225 e. The summed E-state index contributed by atoms with van der Waals surface area (Å²) >= 11 is 0. The van der Waals surface area contributed by atoms with E-state index in [1.807, 2.05) is 4.68 Å². The number of carbonyl (C=O) groups excluding carboxylic acids is 1. The lowest BCUT2D eigenvalue weighted by Gasteiger charge is -2.24. The van der Waals surface area contributed by atoms with Gasteiger partial charge in [-0.15, -0.1) is 0 Å². The second-order valence-electron chi connectivity index (χ2n) is 8.18. The van der Waals surface area contributed by atoms with Gasteiger partial charge in [-0.25, -0.2) is 4.68 Å². The van der Waals surface area contributed by atoms with Crippen molar-refractivity contribution >= 4 is 22.5 Å². The Balaban J connectivity index is 1.69. The van der Waals surface area contributed by atoms with Crippen molar-refractivity contribution in [1.82, 2.24) is 9.78 Å². The summed E-state index contributed by atoms with van der Waals surface area (Å²) in [4.78, 5) is 12.5. The molecule has 1 amide bonds. The number of hydrogen-bond donors (Lipinski definition) is 1. The Hall–Kier alpha value is -1.17. The number of hydrogen-bond acceptors (Lipinski definition) is 3. The van der Waals surface area contributed by atoms with E-state index in [4.69, 9.17) is 0 Å². The molecule has 1 aromatic rings. The molecule has 3 rings (SSSR count). The maximum Gasteiger partial charge on any atom is 0.225 e. The van der Waals surface area contributed by atoms with Gasteiger partial charge in [-0.3, -0.25) is 9.00 Å². The zero-order chi connectivity index (χ0) is 17.3. The molecule has 1 atom stereocenters. The third kappa shape index (κ3) is 3.90. The van der Waals surface area contributed by atoms with Gasteiger partial charge in [0.1, 0.15) is 5.82 Å². The Labute approximate surface area is 147 Å². The predicted octanol–water partition coefficient (Wildman–Crippen LogP) is 3.70. The van der Waals surface area contributed by atoms with E-state index in [0.717, 1.165) is 23.5 Å². The van der Waals surface area contributed by atoms with Crippen molar-refractivity contribution in [3.8, 4) is 0 Å². The average Bonchev–Trinajstić information content (AvgIpc) is 3.03. The fraction of sp³-hybridized carbons (Fsp3) is 0.778. The van der Waals surface area contributed by atoms with Crippen LogP contribution in [-0.2, 0) is 32.6 Å². The van der Waals surface area contributed by atoms with E-state index in [0.29, 0.717) is 23.8 Å². The maximum absolute atomic E-state index is 12.5. The average molecular weight is 352 g/mol. The molecular weight excluding hydrogens is 322 g/mol. The third-order valence-corrected chi connectivity index (χ3v) is 6.27. The van der Waals surface area contributed by atoms with Crippen LogP contribution < -0.4 is 5.32 Å². The maximum atomic E-state index is 12.5. The van der Waals surface area contributed by atoms with Crippen molar-refractivity contribution in [2.24, 2.45) is 5.92 Å². The zero-order valence-corrected chi connectivity index (χ0v) is 15.9. The Morgan fingerprint density at radius 3 is 2.62 bits per heavy atom. The largest absolute Gasteiger partial charge is 0.311 e. The van der Waals surface area contributed by atoms with Crippen molar-refractivity contribution in [2.45, 2.75) is 82.8 Å². The fourth-order valence-electron chi connectivity index (χ4n) is 3.75. The standard InChI is InChI=1S/C18H29N3O2S/c1-18(2,3)21-17(14-11-24(23)12-15(14)20-21)19-16(22)10-9-13-7-5-4-6-8-13/h13H,4-12H2,1-3H3,(H,19,22). The van der Waals surface area contributed by atoms with Crippen molar-refractivity contribution in [3.63, 3.8) is 0 Å². The SMILES string of the molecule is CC(C)(C)n1nc2c(c1NC(=O)CCC1CCCCC1)CS(=O)C2. The summed E-state index contributed by atoms with van der Waals surface area (Å²) in [6, 6.07) is 0. The first-order valence-electron chi connectivity index (χ1n) is 9.10. The van der Waals surface area contributed by atoms with Gasteiger partial charge in [0.25, 0.3) is 0 Å². The van der Waals surface area contributed by atoms with Gasteiger partial charge >= 0.3 is 0 Å². The van der Waals surface area contributed by atoms with Crippen LogP contribution in [0.1, 0.15) is 77.0 Å². The first-order valence-corrected chi connectivity index (χ1v) is 10.6. The van der Waals surface area contributed by atoms with Crippen molar-refractivity contribution in [2.75, 3.05) is 5.32 Å². The highest BCUT2D eigenvalue weighted by Crippen LogP contribution is 2.33. The van der Waals surface area contributed by atoms with Crippen LogP contribution >= 0.6 is 0 Å². The molecule has 0 saturated heterocycles. The van der Waals surface area contributed by atoms with E-state index < -0.39 is 10.8 Å². The number of nitrogens with one attached hydrogen (secondary N) is 1. The molecule has 0 bridgehead atoms. The number of amides is 1. The summed E-state index contributed by atoms with van der Waals surface area (Å²) in [5.74, 6) is 2.53. The van der Waals surface area contributed by atoms with E-state index in [1.165, 1.54) is 32.1 Å². The minimum atomic E-state index is -0.883. The van der Waals surface area contributed by atoms with Gasteiger partial charge in [-0.05, 0) is 33.1 Å². The van der Waals surface area contributed by atoms with Crippen molar-refractivity contribution < 1.29 is 9.00 Å². The van der Waals surface area contributed by atoms with Crippen LogP contribution in [0.5, 0.6) is 0 Å². The lowest BCUT2D eigenvalue weighted by Crippen LogP contribution is -2.27. The molecule has 134 valence electrons. The van der Waals surface area contributed by atoms with E-state index in [-0.39, 0.29) is 11.4 Å². The summed E-state index contributed by atoms with van der Waals surface area (Å²) < 4.78 is 13.7. The van der Waals surface area contributed by atoms with Crippen LogP contribution in [0, 0.1) is 5.92 Å². The van der Waals surface area contributed by atoms with Gasteiger partial charge < -0.3 is 5.32 Å². The van der Waals surface area contributed by atoms with E-state index in [9.17, 15) is 9.00 Å². The highest BCUT2D eigenvalue weighted by Gasteiger charge is 2.31. The Morgan fingerprint density at radius 2 is 1.96 bits per heavy atom. The summed E-state index contributed by atoms with van der Waals surface area (Å²) in [5, 5.41) is 7.71. The van der Waals surface area contributed by atoms with E-state index in [2.05, 4.69) is 31.2 Å². The molecule has 1 saturated carbocycles. The van der Waals surface area contributed by atoms with Gasteiger partial charge in [0, 0.05) is 22.8 Å². The first-order chi connectivity index (χ1) is 11.3. The second-order valence-corrected chi connectivity index (χ2v) is 9.63. The molecule has 1 aromatic heterocycles. The number of carbonyl (C=O) groups is 1. The first kappa shape index (κ1) is 17.6. The molecule has 1 aliphatic carbocycles. The summed E-state index contributed by atoms with van der Waals surface area (Å²) in [6.07, 6.45) is 8.03. The fourth-order valence-corrected chi connectivity index (χ4v) is 5.01. The van der Waals surface area contributed by atoms with Gasteiger partial charge in [0.05, 0.1) is 22.7 Å². The van der Waals surface area contributed by atoms with Crippen LogP contribution in [0.25, 0.3) is 0 Å². The quantitative estimate of drug-likeness (QED) is 0.899. The number of nitrogens with zero attached hydrogens (tertiary/aromatic N) is 2. The molecule has 2 heterocycles. The Morgan fingerprint density at radius 1 is 1.25 bits per heavy atom. The van der Waals surface area contributed by atoms with Crippen LogP contribution in [0.4, 0.5) is 5.82 Å². The van der Waals surface area contributed by atoms with Crippen molar-refractivity contribution in [1.29, 1.82) is 0 Å². The summed E-state index contributed by atoms with van der Waals surface area (Å²) in [5.41, 5.74) is 1.64. The monoisotopic (exact) mass is 351 g/mol. The minimum absolute atomic E-state index is 0.0615. The topological polar surface area (TPSA) is 64.0 Å². The molecule has 1 N–H and O–H groups in total. The van der Waals surface area contributed by atoms with Gasteiger partial charge in [0.2, 0.25) is 5.91 Å². The lowest BCUT2D eigenvalue weighted by atomic mass is 9.86. The Bertz CT molecular complexity index is 639. The highest BCUT2D eigenvalue weighted by atomic mass is 32.2. The predicted molar refractivity (Wildman–Crippen MR) is 97.2 cm³/mol. The number of fused-ring (bicyclic) bond motifs is 1. The van der Waals surface area contributed by atoms with Crippen LogP contribution in [0.3, 0.4) is 0 Å². The molecule has 2 aliphatic rings. The number of anilines is 1. The normalized spacial score (nSPS) is 21.7. The number of rotatable bonds is 4. The molecule has 24 heavy (non-hydrogen) atoms. The molecule has 0 spiro atoms. The molecule has 5 nitrogen and oxygen atoms in total. The van der Waals surface area contributed by atoms with Crippen LogP contribution in [0.2, 0.25) is 0 Å². The molecule has 1 unspecified atom stereocenters. The zero-order valence-electron chi connectivity index (χ0n) is 15.1. The minimum Gasteiger partial charge on any atom is -0.311 e. The summed E-state index contributed by atoms with van der Waals surface area (Å²) in [6.45, 7) is 6.22. The van der Waals surface area contributed by atoms with E-state index in [1.54, 1.807) is 0 Å². The third-order valence-electron chi connectivity index (χ3n) is 5.07. The molecule has 0 radical (unpaired) electrons. The van der Waals surface area contributed by atoms with Gasteiger partial charge in [0.15, 0.2) is 0 Å². The second kappa shape index (κ2) is 6.98. The number of aromatic nitrogens is 2. The lowest BCUT2D eigenvalue weighted by molar-refractivity contribution is -0.116. The van der Waals surface area contributed by atoms with Crippen LogP contribution in [0.15, 0.2) is 0 Å². The van der Waals surface area contributed by atoms with Crippen LogP contribution in [-0.4, -0.2) is 19.9 Å². The van der Waals surface area contributed by atoms with Crippen molar-refractivity contribution in [3.05, 3.63) is 11.3 Å². The molecule has 1 fully saturated rings. The molecule has 6 heteroatoms. The van der Waals surface area contributed by atoms with Gasteiger partial charge in [-0.2, -0.15) is 5.10 Å². The molecule has 1 aliphatic heterocycles. The highest BCUT2D eigenvalue weighted by molar-refractivity contribution is 7.83. The molecular formula is C18H29N3O2S. The Kier molecular flexibility index (Phi) is 5.13. The van der Waals surface area contributed by atoms with Gasteiger partial charge in [-0.1, -0.05) is 32.1 Å². The van der Waals surface area contributed by atoms with E-state index >= 15 is 0 Å².